The summed E-state index contributed by atoms with van der Waals surface area (Å²) in [5, 5.41) is 3.87. The van der Waals surface area contributed by atoms with Crippen LogP contribution in [0.2, 0.25) is 0 Å². The Bertz CT molecular complexity index is 1010. The van der Waals surface area contributed by atoms with E-state index in [0.29, 0.717) is 18.8 Å². The minimum atomic E-state index is -0.210. The molecule has 1 aliphatic rings. The van der Waals surface area contributed by atoms with Crippen molar-refractivity contribution in [1.29, 1.82) is 0 Å². The number of para-hydroxylation sites is 2. The monoisotopic (exact) mass is 428 g/mol. The van der Waals surface area contributed by atoms with Gasteiger partial charge in [-0.3, -0.25) is 4.79 Å². The van der Waals surface area contributed by atoms with Gasteiger partial charge < -0.3 is 19.8 Å². The Hall–Kier alpha value is -2.47. The molecule has 27 heavy (non-hydrogen) atoms. The number of amides is 1. The van der Waals surface area contributed by atoms with Crippen LogP contribution in [-0.2, 0) is 6.42 Å². The molecule has 0 unspecified atom stereocenters. The minimum Gasteiger partial charge on any atom is -0.488 e. The van der Waals surface area contributed by atoms with Crippen molar-refractivity contribution < 1.29 is 14.3 Å². The molecule has 1 aliphatic heterocycles. The van der Waals surface area contributed by atoms with E-state index >= 15 is 0 Å². The van der Waals surface area contributed by atoms with Crippen LogP contribution in [0.4, 0.5) is 0 Å². The number of aromatic nitrogens is 1. The van der Waals surface area contributed by atoms with Crippen LogP contribution in [0.15, 0.2) is 46.9 Å². The van der Waals surface area contributed by atoms with E-state index in [0.717, 1.165) is 38.9 Å². The van der Waals surface area contributed by atoms with Gasteiger partial charge in [-0.2, -0.15) is 0 Å². The average molecular weight is 429 g/mol. The molecule has 0 bridgehead atoms. The van der Waals surface area contributed by atoms with E-state index < -0.39 is 0 Å². The molecule has 2 heterocycles. The fraction of sp³-hybridized carbons (Fsp3) is 0.286. The third-order valence-electron chi connectivity index (χ3n) is 4.57. The molecule has 1 amide bonds. The van der Waals surface area contributed by atoms with Gasteiger partial charge in [0, 0.05) is 22.9 Å². The number of carbonyl (C=O) groups excluding carboxylic acids is 1. The zero-order valence-electron chi connectivity index (χ0n) is 15.3. The van der Waals surface area contributed by atoms with Crippen LogP contribution >= 0.6 is 15.9 Å². The number of fused-ring (bicyclic) bond motifs is 2. The van der Waals surface area contributed by atoms with Crippen molar-refractivity contribution in [3.8, 4) is 11.5 Å². The van der Waals surface area contributed by atoms with Gasteiger partial charge in [0.05, 0.1) is 11.0 Å². The molecule has 1 aromatic heterocycles. The number of hydrogen-bond acceptors (Lipinski definition) is 3. The lowest BCUT2D eigenvalue weighted by molar-refractivity contribution is 0.0941. The number of aromatic amines is 1. The molecule has 2 aromatic carbocycles. The Morgan fingerprint density at radius 1 is 1.26 bits per heavy atom. The summed E-state index contributed by atoms with van der Waals surface area (Å²) < 4.78 is 12.6. The minimum absolute atomic E-state index is 0.169. The van der Waals surface area contributed by atoms with Crippen LogP contribution in [0.5, 0.6) is 11.5 Å². The quantitative estimate of drug-likeness (QED) is 0.589. The molecule has 0 atom stereocenters. The first-order chi connectivity index (χ1) is 12.9. The van der Waals surface area contributed by atoms with E-state index in [1.165, 1.54) is 0 Å². The Morgan fingerprint density at radius 2 is 2.07 bits per heavy atom. The zero-order valence-corrected chi connectivity index (χ0v) is 16.9. The maximum atomic E-state index is 12.5. The molecule has 3 aromatic rings. The Morgan fingerprint density at radius 3 is 2.89 bits per heavy atom. The lowest BCUT2D eigenvalue weighted by atomic mass is 10.0. The second kappa shape index (κ2) is 6.93. The second-order valence-corrected chi connectivity index (χ2v) is 8.04. The number of ether oxygens (including phenoxy) is 2. The van der Waals surface area contributed by atoms with Gasteiger partial charge in [0.2, 0.25) is 0 Å². The number of benzene rings is 2. The number of rotatable bonds is 5. The summed E-state index contributed by atoms with van der Waals surface area (Å²) in [6, 6.07) is 13.7. The maximum Gasteiger partial charge on any atom is 0.269 e. The molecule has 0 radical (unpaired) electrons. The van der Waals surface area contributed by atoms with E-state index in [2.05, 4.69) is 46.1 Å². The molecule has 6 heteroatoms. The van der Waals surface area contributed by atoms with Crippen LogP contribution in [0.25, 0.3) is 10.9 Å². The molecule has 0 fully saturated rings. The normalized spacial score (nSPS) is 14.6. The van der Waals surface area contributed by atoms with Gasteiger partial charge in [-0.1, -0.05) is 30.3 Å². The number of hydrogen-bond donors (Lipinski definition) is 2. The lowest BCUT2D eigenvalue weighted by Gasteiger charge is -2.18. The Labute approximate surface area is 166 Å². The zero-order chi connectivity index (χ0) is 19.0. The molecule has 5 nitrogen and oxygen atoms in total. The highest BCUT2D eigenvalue weighted by molar-refractivity contribution is 9.10. The summed E-state index contributed by atoms with van der Waals surface area (Å²) in [5.41, 5.74) is 2.38. The third kappa shape index (κ3) is 3.54. The Kier molecular flexibility index (Phi) is 4.60. The molecular weight excluding hydrogens is 408 g/mol. The highest BCUT2D eigenvalue weighted by Crippen LogP contribution is 2.41. The topological polar surface area (TPSA) is 63.3 Å². The van der Waals surface area contributed by atoms with Crippen molar-refractivity contribution in [2.24, 2.45) is 0 Å². The first-order valence-electron chi connectivity index (χ1n) is 8.93. The van der Waals surface area contributed by atoms with Crippen molar-refractivity contribution in [3.63, 3.8) is 0 Å². The van der Waals surface area contributed by atoms with Crippen molar-refractivity contribution in [3.05, 3.63) is 58.2 Å². The van der Waals surface area contributed by atoms with E-state index in [1.54, 1.807) is 0 Å². The number of halogens is 1. The van der Waals surface area contributed by atoms with Gasteiger partial charge in [0.1, 0.15) is 17.9 Å². The number of H-pyrrole nitrogens is 1. The van der Waals surface area contributed by atoms with E-state index in [-0.39, 0.29) is 11.5 Å². The van der Waals surface area contributed by atoms with Crippen LogP contribution in [0, 0.1) is 0 Å². The van der Waals surface area contributed by atoms with Gasteiger partial charge >= 0.3 is 0 Å². The average Bonchev–Trinajstić information content (AvgIpc) is 3.14. The summed E-state index contributed by atoms with van der Waals surface area (Å²) >= 11 is 3.50. The third-order valence-corrected chi connectivity index (χ3v) is 5.39. The molecular formula is C21H21BrN2O3. The predicted molar refractivity (Wildman–Crippen MR) is 109 cm³/mol. The predicted octanol–water partition coefficient (Wildman–Crippen LogP) is 4.45. The Balaban J connectivity index is 1.36. The van der Waals surface area contributed by atoms with E-state index in [4.69, 9.17) is 9.47 Å². The highest BCUT2D eigenvalue weighted by Gasteiger charge is 2.32. The first kappa shape index (κ1) is 17.9. The fourth-order valence-corrected chi connectivity index (χ4v) is 4.00. The molecule has 4 rings (SSSR count). The van der Waals surface area contributed by atoms with Crippen molar-refractivity contribution in [2.45, 2.75) is 25.9 Å². The standard InChI is InChI=1S/C21H21BrN2O3/c1-21(2)12-13-6-5-9-16(19(13)27-21)26-11-10-23-20(25)18-17(22)14-7-3-4-8-15(14)24-18/h3-9,24H,10-12H2,1-2H3,(H,23,25). The molecule has 0 aliphatic carbocycles. The second-order valence-electron chi connectivity index (χ2n) is 7.25. The highest BCUT2D eigenvalue weighted by atomic mass is 79.9. The summed E-state index contributed by atoms with van der Waals surface area (Å²) in [6.45, 7) is 4.89. The SMILES string of the molecule is CC1(C)Cc2cccc(OCCNC(=O)c3[nH]c4ccccc4c3Br)c2O1. The lowest BCUT2D eigenvalue weighted by Crippen LogP contribution is -2.28. The van der Waals surface area contributed by atoms with Crippen LogP contribution in [0.3, 0.4) is 0 Å². The maximum absolute atomic E-state index is 12.5. The van der Waals surface area contributed by atoms with Crippen molar-refractivity contribution in [1.82, 2.24) is 10.3 Å². The van der Waals surface area contributed by atoms with Crippen molar-refractivity contribution in [2.75, 3.05) is 13.2 Å². The van der Waals surface area contributed by atoms with Gasteiger partial charge in [-0.25, -0.2) is 0 Å². The summed E-state index contributed by atoms with van der Waals surface area (Å²) in [7, 11) is 0. The van der Waals surface area contributed by atoms with Gasteiger partial charge in [0.25, 0.3) is 5.91 Å². The molecule has 0 spiro atoms. The molecule has 2 N–H and O–H groups in total. The molecule has 140 valence electrons. The number of carbonyl (C=O) groups is 1. The van der Waals surface area contributed by atoms with Crippen molar-refractivity contribution >= 4 is 32.7 Å². The van der Waals surface area contributed by atoms with Gasteiger partial charge in [-0.05, 0) is 41.9 Å². The summed E-state index contributed by atoms with van der Waals surface area (Å²) in [5.74, 6) is 1.36. The largest absolute Gasteiger partial charge is 0.488 e. The smallest absolute Gasteiger partial charge is 0.269 e. The van der Waals surface area contributed by atoms with Crippen LogP contribution < -0.4 is 14.8 Å². The summed E-state index contributed by atoms with van der Waals surface area (Å²) in [4.78, 5) is 15.6. The molecule has 0 saturated carbocycles. The van der Waals surface area contributed by atoms with Gasteiger partial charge in [-0.15, -0.1) is 0 Å². The number of nitrogens with one attached hydrogen (secondary N) is 2. The fourth-order valence-electron chi connectivity index (χ4n) is 3.38. The summed E-state index contributed by atoms with van der Waals surface area (Å²) in [6.07, 6.45) is 0.866. The van der Waals surface area contributed by atoms with E-state index in [1.807, 2.05) is 36.4 Å². The first-order valence-corrected chi connectivity index (χ1v) is 9.72. The van der Waals surface area contributed by atoms with Crippen LogP contribution in [0.1, 0.15) is 29.9 Å². The molecule has 0 saturated heterocycles. The van der Waals surface area contributed by atoms with E-state index in [9.17, 15) is 4.79 Å². The van der Waals surface area contributed by atoms with Crippen LogP contribution in [-0.4, -0.2) is 29.6 Å². The van der Waals surface area contributed by atoms with Gasteiger partial charge in [0.15, 0.2) is 11.5 Å².